The first-order chi connectivity index (χ1) is 9.42. The van der Waals surface area contributed by atoms with E-state index in [0.717, 1.165) is 23.0 Å². The van der Waals surface area contributed by atoms with Crippen molar-refractivity contribution in [3.63, 3.8) is 0 Å². The van der Waals surface area contributed by atoms with Gasteiger partial charge in [-0.05, 0) is 0 Å². The van der Waals surface area contributed by atoms with Crippen LogP contribution in [0.5, 0.6) is 23.0 Å². The van der Waals surface area contributed by atoms with Gasteiger partial charge >= 0.3 is 129 Å². The van der Waals surface area contributed by atoms with E-state index in [2.05, 4.69) is 0 Å². The monoisotopic (exact) mass is 412 g/mol. The molecule has 19 heavy (non-hydrogen) atoms. The third-order valence-corrected chi connectivity index (χ3v) is 9.07. The molecule has 0 bridgehead atoms. The van der Waals surface area contributed by atoms with Crippen LogP contribution in [0.3, 0.4) is 0 Å². The fourth-order valence-electron chi connectivity index (χ4n) is 1.90. The van der Waals surface area contributed by atoms with Gasteiger partial charge in [-0.15, -0.1) is 0 Å². The molecule has 2 aliphatic heterocycles. The van der Waals surface area contributed by atoms with Gasteiger partial charge in [0, 0.05) is 0 Å². The molecule has 0 aliphatic carbocycles. The average molecular weight is 410 g/mol. The quantitative estimate of drug-likeness (QED) is 0.694. The molecule has 0 saturated carbocycles. The Morgan fingerprint density at radius 3 is 1.74 bits per heavy atom. The summed E-state index contributed by atoms with van der Waals surface area (Å²) in [5.41, 5.74) is 0. The maximum atomic E-state index is 5.74. The van der Waals surface area contributed by atoms with Crippen LogP contribution >= 0.6 is 22.7 Å². The molecule has 100 valence electrons. The van der Waals surface area contributed by atoms with Crippen molar-refractivity contribution in [3.8, 4) is 23.0 Å². The standard InChI is InChI=1S/C12H10O4S2Te/c1-3-15-9-7(13-1)5-17-11(9)19-12-10-8(6-18-12)14-2-4-16-10/h5-6H,1-4H2. The average Bonchev–Trinajstić information content (AvgIpc) is 3.05. The van der Waals surface area contributed by atoms with Crippen LogP contribution in [0.4, 0.5) is 0 Å². The number of ether oxygens (including phenoxy) is 4. The summed E-state index contributed by atoms with van der Waals surface area (Å²) in [6.07, 6.45) is 0. The van der Waals surface area contributed by atoms with Gasteiger partial charge in [-0.1, -0.05) is 0 Å². The van der Waals surface area contributed by atoms with Gasteiger partial charge in [0.2, 0.25) is 0 Å². The van der Waals surface area contributed by atoms with Gasteiger partial charge in [-0.3, -0.25) is 0 Å². The Hall–Kier alpha value is -0.610. The van der Waals surface area contributed by atoms with Crippen LogP contribution in [-0.4, -0.2) is 47.4 Å². The number of hydrogen-bond donors (Lipinski definition) is 0. The van der Waals surface area contributed by atoms with E-state index in [9.17, 15) is 0 Å². The molecule has 0 amide bonds. The van der Waals surface area contributed by atoms with E-state index in [-0.39, 0.29) is 0 Å². The molecule has 0 spiro atoms. The van der Waals surface area contributed by atoms with Gasteiger partial charge in [-0.2, -0.15) is 0 Å². The minimum absolute atomic E-state index is 0.506. The second-order valence-electron chi connectivity index (χ2n) is 3.93. The van der Waals surface area contributed by atoms with Gasteiger partial charge in [0.05, 0.1) is 0 Å². The van der Waals surface area contributed by atoms with E-state index in [0.29, 0.717) is 26.4 Å². The second-order valence-corrected chi connectivity index (χ2v) is 10.2. The third kappa shape index (κ3) is 2.19. The molecule has 0 fully saturated rings. The molecule has 4 heterocycles. The summed E-state index contributed by atoms with van der Waals surface area (Å²) in [6.45, 7) is 2.59. The Morgan fingerprint density at radius 1 is 0.737 bits per heavy atom. The Balaban J connectivity index is 1.64. The minimum atomic E-state index is -0.506. The SMILES string of the molecule is c1sc([Te]c2scc3c2OCCO3)c2c1OCCO2. The summed E-state index contributed by atoms with van der Waals surface area (Å²) in [5.74, 6) is 3.72. The van der Waals surface area contributed by atoms with E-state index in [4.69, 9.17) is 18.9 Å². The zero-order valence-electron chi connectivity index (χ0n) is 9.84. The predicted octanol–water partition coefficient (Wildman–Crippen LogP) is 1.01. The van der Waals surface area contributed by atoms with E-state index in [1.54, 1.807) is 22.7 Å². The number of rotatable bonds is 2. The Labute approximate surface area is 128 Å². The summed E-state index contributed by atoms with van der Waals surface area (Å²) in [6, 6.07) is 0. The summed E-state index contributed by atoms with van der Waals surface area (Å²) in [5, 5.41) is 4.10. The molecular formula is C12H10O4S2Te. The van der Waals surface area contributed by atoms with Crippen LogP contribution in [0.15, 0.2) is 10.8 Å². The zero-order chi connectivity index (χ0) is 12.7. The molecule has 0 N–H and O–H groups in total. The van der Waals surface area contributed by atoms with Gasteiger partial charge in [0.15, 0.2) is 0 Å². The molecule has 4 nitrogen and oxygen atoms in total. The van der Waals surface area contributed by atoms with Crippen molar-refractivity contribution in [3.05, 3.63) is 10.8 Å². The van der Waals surface area contributed by atoms with Crippen LogP contribution in [0.1, 0.15) is 0 Å². The topological polar surface area (TPSA) is 36.9 Å². The van der Waals surface area contributed by atoms with Gasteiger partial charge in [0.1, 0.15) is 0 Å². The molecule has 2 aromatic rings. The molecular weight excluding hydrogens is 400 g/mol. The molecule has 7 heteroatoms. The molecule has 2 aliphatic rings. The van der Waals surface area contributed by atoms with Crippen molar-refractivity contribution in [1.82, 2.24) is 0 Å². The van der Waals surface area contributed by atoms with Crippen LogP contribution in [0, 0.1) is 0 Å². The van der Waals surface area contributed by atoms with Crippen LogP contribution in [0.25, 0.3) is 0 Å². The summed E-state index contributed by atoms with van der Waals surface area (Å²) >= 11 is 2.96. The summed E-state index contributed by atoms with van der Waals surface area (Å²) in [4.78, 5) is 0. The van der Waals surface area contributed by atoms with Gasteiger partial charge in [-0.25, -0.2) is 0 Å². The number of fused-ring (bicyclic) bond motifs is 2. The van der Waals surface area contributed by atoms with Crippen LogP contribution in [0.2, 0.25) is 0 Å². The van der Waals surface area contributed by atoms with E-state index >= 15 is 0 Å². The first-order valence-electron chi connectivity index (χ1n) is 5.84. The van der Waals surface area contributed by atoms with Crippen LogP contribution in [-0.2, 0) is 0 Å². The number of hydrogen-bond acceptors (Lipinski definition) is 6. The fourth-order valence-corrected chi connectivity index (χ4v) is 8.35. The molecule has 0 atom stereocenters. The normalized spacial score (nSPS) is 16.4. The van der Waals surface area contributed by atoms with Crippen molar-refractivity contribution in [2.75, 3.05) is 26.4 Å². The Kier molecular flexibility index (Phi) is 3.24. The Bertz CT molecular complexity index is 555. The van der Waals surface area contributed by atoms with Gasteiger partial charge in [0.25, 0.3) is 0 Å². The fraction of sp³-hybridized carbons (Fsp3) is 0.333. The molecule has 4 rings (SSSR count). The third-order valence-electron chi connectivity index (χ3n) is 2.72. The van der Waals surface area contributed by atoms with Crippen molar-refractivity contribution < 1.29 is 18.9 Å². The van der Waals surface area contributed by atoms with Crippen molar-refractivity contribution in [1.29, 1.82) is 0 Å². The zero-order valence-corrected chi connectivity index (χ0v) is 13.8. The van der Waals surface area contributed by atoms with Crippen molar-refractivity contribution in [2.24, 2.45) is 0 Å². The van der Waals surface area contributed by atoms with Crippen molar-refractivity contribution in [2.45, 2.75) is 0 Å². The van der Waals surface area contributed by atoms with E-state index < -0.39 is 20.9 Å². The molecule has 2 aromatic heterocycles. The molecule has 0 unspecified atom stereocenters. The maximum absolute atomic E-state index is 5.74. The summed E-state index contributed by atoms with van der Waals surface area (Å²) in [7, 11) is 0. The predicted molar refractivity (Wildman–Crippen MR) is 75.6 cm³/mol. The van der Waals surface area contributed by atoms with Crippen molar-refractivity contribution >= 4 is 49.4 Å². The van der Waals surface area contributed by atoms with E-state index in [1.165, 1.54) is 5.85 Å². The van der Waals surface area contributed by atoms with Crippen LogP contribution < -0.4 is 24.8 Å². The first-order valence-corrected chi connectivity index (χ1v) is 9.93. The molecule has 0 aromatic carbocycles. The van der Waals surface area contributed by atoms with E-state index in [1.807, 2.05) is 10.8 Å². The molecule has 0 radical (unpaired) electrons. The second kappa shape index (κ2) is 5.06. The number of thiophene rings is 2. The first kappa shape index (κ1) is 12.2. The summed E-state index contributed by atoms with van der Waals surface area (Å²) < 4.78 is 25.3. The Morgan fingerprint density at radius 2 is 1.21 bits per heavy atom. The molecule has 0 saturated heterocycles. The van der Waals surface area contributed by atoms with Gasteiger partial charge < -0.3 is 0 Å².